The second-order valence-corrected chi connectivity index (χ2v) is 4.79. The average Bonchev–Trinajstić information content (AvgIpc) is 2.48. The van der Waals surface area contributed by atoms with Gasteiger partial charge in [0.25, 0.3) is 0 Å². The maximum Gasteiger partial charge on any atom is 0.0787 e. The predicted octanol–water partition coefficient (Wildman–Crippen LogP) is 4.31. The lowest BCUT2D eigenvalue weighted by atomic mass is 10.1. The monoisotopic (exact) mass is 265 g/mol. The summed E-state index contributed by atoms with van der Waals surface area (Å²) < 4.78 is 0. The van der Waals surface area contributed by atoms with Gasteiger partial charge >= 0.3 is 0 Å². The highest BCUT2D eigenvalue weighted by molar-refractivity contribution is 5.16. The Balaban J connectivity index is 0.000000344. The molecule has 19 heavy (non-hydrogen) atoms. The summed E-state index contributed by atoms with van der Waals surface area (Å²) in [7, 11) is 0. The quantitative estimate of drug-likeness (QED) is 0.687. The molecule has 1 aromatic carbocycles. The van der Waals surface area contributed by atoms with E-state index in [0.717, 1.165) is 12.0 Å². The fourth-order valence-corrected chi connectivity index (χ4v) is 1.64. The summed E-state index contributed by atoms with van der Waals surface area (Å²) in [5, 5.41) is 12.7. The van der Waals surface area contributed by atoms with Crippen molar-refractivity contribution in [3.63, 3.8) is 0 Å². The first kappa shape index (κ1) is 18.1. The van der Waals surface area contributed by atoms with Gasteiger partial charge in [-0.3, -0.25) is 0 Å². The lowest BCUT2D eigenvalue weighted by molar-refractivity contribution is 0.173. The Morgan fingerprint density at radius 1 is 0.947 bits per heavy atom. The summed E-state index contributed by atoms with van der Waals surface area (Å²) >= 11 is 0. The molecule has 2 heteroatoms. The summed E-state index contributed by atoms with van der Waals surface area (Å²) in [6.45, 7) is 8.83. The molecule has 0 aromatic heterocycles. The van der Waals surface area contributed by atoms with Gasteiger partial charge in [0.1, 0.15) is 0 Å². The molecule has 1 unspecified atom stereocenters. The zero-order valence-electron chi connectivity index (χ0n) is 12.9. The van der Waals surface area contributed by atoms with Crippen LogP contribution in [-0.4, -0.2) is 18.2 Å². The van der Waals surface area contributed by atoms with E-state index in [1.165, 1.54) is 38.8 Å². The molecule has 0 bridgehead atoms. The van der Waals surface area contributed by atoms with E-state index in [1.807, 2.05) is 37.3 Å². The number of aliphatic hydroxyl groups is 1. The van der Waals surface area contributed by atoms with Crippen molar-refractivity contribution < 1.29 is 5.11 Å². The largest absolute Gasteiger partial charge is 0.388 e. The van der Waals surface area contributed by atoms with Gasteiger partial charge in [-0.1, -0.05) is 63.9 Å². The van der Waals surface area contributed by atoms with Crippen LogP contribution in [0.4, 0.5) is 0 Å². The zero-order valence-corrected chi connectivity index (χ0v) is 12.9. The number of hydrogen-bond acceptors (Lipinski definition) is 2. The Morgan fingerprint density at radius 2 is 1.47 bits per heavy atom. The minimum Gasteiger partial charge on any atom is -0.388 e. The van der Waals surface area contributed by atoms with Crippen molar-refractivity contribution in [2.24, 2.45) is 0 Å². The molecule has 0 saturated carbocycles. The molecule has 0 heterocycles. The van der Waals surface area contributed by atoms with E-state index in [2.05, 4.69) is 19.2 Å². The highest BCUT2D eigenvalue weighted by Gasteiger charge is 2.00. The molecule has 1 atom stereocenters. The van der Waals surface area contributed by atoms with Gasteiger partial charge in [0.15, 0.2) is 0 Å². The van der Waals surface area contributed by atoms with Crippen molar-refractivity contribution in [2.45, 2.75) is 59.0 Å². The van der Waals surface area contributed by atoms with Crippen LogP contribution in [0.1, 0.15) is 64.5 Å². The van der Waals surface area contributed by atoms with Crippen LogP contribution in [0.5, 0.6) is 0 Å². The molecular formula is C17H31NO. The molecule has 1 rings (SSSR count). The van der Waals surface area contributed by atoms with Crippen LogP contribution >= 0.6 is 0 Å². The van der Waals surface area contributed by atoms with Gasteiger partial charge in [0, 0.05) is 0 Å². The maximum absolute atomic E-state index is 9.33. The summed E-state index contributed by atoms with van der Waals surface area (Å²) in [6, 6.07) is 9.70. The third-order valence-electron chi connectivity index (χ3n) is 2.99. The summed E-state index contributed by atoms with van der Waals surface area (Å²) in [5.74, 6) is 0. The predicted molar refractivity (Wildman–Crippen MR) is 84.4 cm³/mol. The molecule has 0 amide bonds. The van der Waals surface area contributed by atoms with Crippen molar-refractivity contribution in [1.82, 2.24) is 5.32 Å². The number of aliphatic hydroxyl groups excluding tert-OH is 1. The van der Waals surface area contributed by atoms with E-state index in [1.54, 1.807) is 0 Å². The van der Waals surface area contributed by atoms with Gasteiger partial charge in [-0.25, -0.2) is 0 Å². The third kappa shape index (κ3) is 10.7. The molecule has 0 spiro atoms. The fraction of sp³-hybridized carbons (Fsp3) is 0.647. The van der Waals surface area contributed by atoms with Crippen LogP contribution in [-0.2, 0) is 0 Å². The van der Waals surface area contributed by atoms with Crippen LogP contribution in [0, 0.1) is 0 Å². The summed E-state index contributed by atoms with van der Waals surface area (Å²) in [4.78, 5) is 0. The van der Waals surface area contributed by atoms with Crippen LogP contribution in [0.15, 0.2) is 30.3 Å². The molecule has 2 nitrogen and oxygen atoms in total. The molecule has 0 aliphatic carbocycles. The second-order valence-electron chi connectivity index (χ2n) is 4.79. The molecule has 0 aliphatic heterocycles. The van der Waals surface area contributed by atoms with Gasteiger partial charge in [-0.2, -0.15) is 0 Å². The molecule has 110 valence electrons. The Bertz CT molecular complexity index is 268. The Morgan fingerprint density at radius 3 is 1.89 bits per heavy atom. The molecule has 0 saturated heterocycles. The van der Waals surface area contributed by atoms with E-state index >= 15 is 0 Å². The zero-order chi connectivity index (χ0) is 14.3. The van der Waals surface area contributed by atoms with Crippen molar-refractivity contribution >= 4 is 0 Å². The number of nitrogens with one attached hydrogen (secondary N) is 1. The number of hydrogen-bond donors (Lipinski definition) is 2. The highest BCUT2D eigenvalue weighted by Crippen LogP contribution is 2.14. The second kappa shape index (κ2) is 13.6. The average molecular weight is 265 g/mol. The van der Waals surface area contributed by atoms with Gasteiger partial charge < -0.3 is 10.4 Å². The number of rotatable bonds is 8. The SMILES string of the molecule is CCC(O)c1ccccc1.CCCCNCCCC. The summed E-state index contributed by atoms with van der Waals surface area (Å²) in [6.07, 6.45) is 5.75. The lowest BCUT2D eigenvalue weighted by Gasteiger charge is -2.05. The maximum atomic E-state index is 9.33. The summed E-state index contributed by atoms with van der Waals surface area (Å²) in [5.41, 5.74) is 1.00. The molecular weight excluding hydrogens is 234 g/mol. The van der Waals surface area contributed by atoms with E-state index < -0.39 is 0 Å². The van der Waals surface area contributed by atoms with Crippen molar-refractivity contribution in [3.05, 3.63) is 35.9 Å². The van der Waals surface area contributed by atoms with E-state index in [4.69, 9.17) is 0 Å². The Kier molecular flexibility index (Phi) is 13.0. The van der Waals surface area contributed by atoms with Crippen molar-refractivity contribution in [2.75, 3.05) is 13.1 Å². The van der Waals surface area contributed by atoms with Gasteiger partial charge in [-0.05, 0) is 37.9 Å². The molecule has 0 radical (unpaired) electrons. The van der Waals surface area contributed by atoms with Gasteiger partial charge in [0.05, 0.1) is 6.10 Å². The first-order chi connectivity index (χ1) is 9.26. The minimum atomic E-state index is -0.291. The molecule has 0 aliphatic rings. The lowest BCUT2D eigenvalue weighted by Crippen LogP contribution is -2.15. The molecule has 0 fully saturated rings. The smallest absolute Gasteiger partial charge is 0.0787 e. The number of unbranched alkanes of at least 4 members (excludes halogenated alkanes) is 2. The standard InChI is InChI=1S/C9H12O.C8H19N/c1-2-9(10)8-6-4-3-5-7-8;1-3-5-7-9-8-6-4-2/h3-7,9-10H,2H2,1H3;9H,3-8H2,1-2H3. The Hall–Kier alpha value is -0.860. The first-order valence-electron chi connectivity index (χ1n) is 7.69. The van der Waals surface area contributed by atoms with Gasteiger partial charge in [-0.15, -0.1) is 0 Å². The normalized spacial score (nSPS) is 11.6. The molecule has 1 aromatic rings. The first-order valence-corrected chi connectivity index (χ1v) is 7.69. The van der Waals surface area contributed by atoms with E-state index in [-0.39, 0.29) is 6.10 Å². The van der Waals surface area contributed by atoms with Crippen molar-refractivity contribution in [1.29, 1.82) is 0 Å². The van der Waals surface area contributed by atoms with Crippen LogP contribution in [0.25, 0.3) is 0 Å². The Labute approximate surface area is 119 Å². The van der Waals surface area contributed by atoms with Gasteiger partial charge in [0.2, 0.25) is 0 Å². The van der Waals surface area contributed by atoms with Crippen LogP contribution < -0.4 is 5.32 Å². The molecule has 2 N–H and O–H groups in total. The fourth-order valence-electron chi connectivity index (χ4n) is 1.64. The number of benzene rings is 1. The minimum absolute atomic E-state index is 0.291. The van der Waals surface area contributed by atoms with Crippen LogP contribution in [0.2, 0.25) is 0 Å². The van der Waals surface area contributed by atoms with Crippen LogP contribution in [0.3, 0.4) is 0 Å². The topological polar surface area (TPSA) is 32.3 Å². The third-order valence-corrected chi connectivity index (χ3v) is 2.99. The van der Waals surface area contributed by atoms with E-state index in [9.17, 15) is 5.11 Å². The van der Waals surface area contributed by atoms with E-state index in [0.29, 0.717) is 0 Å². The highest BCUT2D eigenvalue weighted by atomic mass is 16.3. The van der Waals surface area contributed by atoms with Crippen molar-refractivity contribution in [3.8, 4) is 0 Å².